The summed E-state index contributed by atoms with van der Waals surface area (Å²) in [5.74, 6) is 0.647. The van der Waals surface area contributed by atoms with Crippen molar-refractivity contribution in [3.8, 4) is 0 Å². The molecule has 8 heteroatoms. The summed E-state index contributed by atoms with van der Waals surface area (Å²) in [6.07, 6.45) is 5.08. The summed E-state index contributed by atoms with van der Waals surface area (Å²) in [5.41, 5.74) is 2.54. The van der Waals surface area contributed by atoms with E-state index in [9.17, 15) is 9.59 Å². The van der Waals surface area contributed by atoms with Crippen molar-refractivity contribution in [2.75, 3.05) is 23.7 Å². The molecule has 1 fully saturated rings. The first kappa shape index (κ1) is 23.1. The molecular formula is C25H26N4O2S2. The predicted octanol–water partition coefficient (Wildman–Crippen LogP) is 5.28. The standard InChI is InChI=1S/C25H26N4O2S2/c1-2-22(30)27-20-12-10-19(11-13-20)24(31)29-14-6-9-21(16-29)28-25-26-15-23(33-25)32-17-18-7-4-3-5-8-18/h2-5,7-8,10-13,15,21H,1,6,9,14,16-17H2,(H,26,28)(H,27,30)/t21-/m1/s1. The number of anilines is 2. The van der Waals surface area contributed by atoms with Gasteiger partial charge in [0, 0.05) is 36.1 Å². The van der Waals surface area contributed by atoms with Crippen molar-refractivity contribution < 1.29 is 9.59 Å². The smallest absolute Gasteiger partial charge is 0.253 e. The van der Waals surface area contributed by atoms with E-state index in [4.69, 9.17) is 0 Å². The Morgan fingerprint density at radius 1 is 1.18 bits per heavy atom. The molecule has 0 radical (unpaired) electrons. The molecule has 0 saturated carbocycles. The van der Waals surface area contributed by atoms with E-state index in [-0.39, 0.29) is 17.9 Å². The molecule has 0 aliphatic carbocycles. The van der Waals surface area contributed by atoms with Gasteiger partial charge in [-0.05, 0) is 48.7 Å². The number of carbonyl (C=O) groups is 2. The molecule has 0 bridgehead atoms. The molecule has 170 valence electrons. The van der Waals surface area contributed by atoms with Gasteiger partial charge in [-0.15, -0.1) is 11.8 Å². The van der Waals surface area contributed by atoms with E-state index < -0.39 is 0 Å². The number of aromatic nitrogens is 1. The summed E-state index contributed by atoms with van der Waals surface area (Å²) < 4.78 is 1.17. The molecule has 3 aromatic rings. The van der Waals surface area contributed by atoms with Crippen LogP contribution in [-0.2, 0) is 10.5 Å². The predicted molar refractivity (Wildman–Crippen MR) is 136 cm³/mol. The molecule has 2 aromatic carbocycles. The van der Waals surface area contributed by atoms with Gasteiger partial charge in [-0.2, -0.15) is 0 Å². The van der Waals surface area contributed by atoms with Crippen molar-refractivity contribution in [1.29, 1.82) is 0 Å². The molecule has 1 aliphatic heterocycles. The van der Waals surface area contributed by atoms with Crippen LogP contribution in [0.5, 0.6) is 0 Å². The maximum atomic E-state index is 13.0. The highest BCUT2D eigenvalue weighted by atomic mass is 32.2. The molecule has 0 spiro atoms. The summed E-state index contributed by atoms with van der Waals surface area (Å²) in [6, 6.07) is 17.5. The second-order valence-corrected chi connectivity index (χ2v) is 10.1. The Balaban J connectivity index is 1.30. The van der Waals surface area contributed by atoms with E-state index in [0.717, 1.165) is 30.3 Å². The van der Waals surface area contributed by atoms with E-state index >= 15 is 0 Å². The Kier molecular flexibility index (Phi) is 7.80. The quantitative estimate of drug-likeness (QED) is 0.341. The Morgan fingerprint density at radius 3 is 2.73 bits per heavy atom. The van der Waals surface area contributed by atoms with Crippen LogP contribution in [0, 0.1) is 0 Å². The second-order valence-electron chi connectivity index (χ2n) is 7.76. The molecule has 1 saturated heterocycles. The number of likely N-dealkylation sites (tertiary alicyclic amines) is 1. The zero-order chi connectivity index (χ0) is 23.0. The van der Waals surface area contributed by atoms with Crippen molar-refractivity contribution in [2.45, 2.75) is 28.8 Å². The average Bonchev–Trinajstić information content (AvgIpc) is 3.30. The maximum absolute atomic E-state index is 13.0. The molecule has 2 N–H and O–H groups in total. The van der Waals surface area contributed by atoms with Gasteiger partial charge >= 0.3 is 0 Å². The summed E-state index contributed by atoms with van der Waals surface area (Å²) in [5, 5.41) is 7.10. The zero-order valence-corrected chi connectivity index (χ0v) is 19.8. The average molecular weight is 479 g/mol. The van der Waals surface area contributed by atoms with E-state index in [0.29, 0.717) is 17.8 Å². The van der Waals surface area contributed by atoms with Crippen LogP contribution in [0.1, 0.15) is 28.8 Å². The van der Waals surface area contributed by atoms with Gasteiger partial charge in [0.05, 0.1) is 10.4 Å². The Hall–Kier alpha value is -3.10. The van der Waals surface area contributed by atoms with Gasteiger partial charge in [0.25, 0.3) is 5.91 Å². The van der Waals surface area contributed by atoms with Crippen molar-refractivity contribution in [1.82, 2.24) is 9.88 Å². The number of thiazole rings is 1. The number of benzene rings is 2. The second kappa shape index (κ2) is 11.2. The fourth-order valence-electron chi connectivity index (χ4n) is 3.65. The molecular weight excluding hydrogens is 452 g/mol. The largest absolute Gasteiger partial charge is 0.357 e. The van der Waals surface area contributed by atoms with Gasteiger partial charge in [-0.25, -0.2) is 4.98 Å². The molecule has 4 rings (SSSR count). The Bertz CT molecular complexity index is 1100. The van der Waals surface area contributed by atoms with Gasteiger partial charge in [-0.1, -0.05) is 48.2 Å². The third-order valence-corrected chi connectivity index (χ3v) is 7.52. The number of nitrogens with zero attached hydrogens (tertiary/aromatic N) is 2. The fourth-order valence-corrected chi connectivity index (χ4v) is 5.55. The van der Waals surface area contributed by atoms with Crippen LogP contribution >= 0.6 is 23.1 Å². The minimum Gasteiger partial charge on any atom is -0.357 e. The van der Waals surface area contributed by atoms with Gasteiger partial charge in [0.1, 0.15) is 0 Å². The Labute approximate surface area is 202 Å². The lowest BCUT2D eigenvalue weighted by Crippen LogP contribution is -2.45. The lowest BCUT2D eigenvalue weighted by Gasteiger charge is -2.33. The first-order chi connectivity index (χ1) is 16.1. The number of piperidine rings is 1. The van der Waals surface area contributed by atoms with Crippen LogP contribution in [0.2, 0.25) is 0 Å². The van der Waals surface area contributed by atoms with Gasteiger partial charge in [0.15, 0.2) is 5.13 Å². The molecule has 0 unspecified atom stereocenters. The minimum atomic E-state index is -0.275. The highest BCUT2D eigenvalue weighted by Gasteiger charge is 2.25. The topological polar surface area (TPSA) is 74.3 Å². The SMILES string of the molecule is C=CC(=O)Nc1ccc(C(=O)N2CCC[C@@H](Nc3ncc(SCc4ccccc4)s3)C2)cc1. The number of hydrogen-bond donors (Lipinski definition) is 2. The summed E-state index contributed by atoms with van der Waals surface area (Å²) in [6.45, 7) is 4.82. The Morgan fingerprint density at radius 2 is 1.97 bits per heavy atom. The third-order valence-electron chi connectivity index (χ3n) is 5.33. The normalized spacial score (nSPS) is 15.6. The van der Waals surface area contributed by atoms with Crippen molar-refractivity contribution in [2.24, 2.45) is 0 Å². The zero-order valence-electron chi connectivity index (χ0n) is 18.2. The lowest BCUT2D eigenvalue weighted by molar-refractivity contribution is -0.111. The van der Waals surface area contributed by atoms with E-state index in [2.05, 4.69) is 46.5 Å². The van der Waals surface area contributed by atoms with E-state index in [1.54, 1.807) is 47.4 Å². The first-order valence-corrected chi connectivity index (χ1v) is 12.6. The van der Waals surface area contributed by atoms with Crippen LogP contribution in [0.25, 0.3) is 0 Å². The number of carbonyl (C=O) groups excluding carboxylic acids is 2. The van der Waals surface area contributed by atoms with Crippen molar-refractivity contribution in [3.63, 3.8) is 0 Å². The van der Waals surface area contributed by atoms with Crippen LogP contribution in [0.4, 0.5) is 10.8 Å². The van der Waals surface area contributed by atoms with Crippen LogP contribution in [-0.4, -0.2) is 40.8 Å². The third kappa shape index (κ3) is 6.46. The molecule has 33 heavy (non-hydrogen) atoms. The van der Waals surface area contributed by atoms with Gasteiger partial charge in [-0.3, -0.25) is 9.59 Å². The lowest BCUT2D eigenvalue weighted by atomic mass is 10.0. The molecule has 6 nitrogen and oxygen atoms in total. The molecule has 1 aromatic heterocycles. The highest BCUT2D eigenvalue weighted by Crippen LogP contribution is 2.31. The van der Waals surface area contributed by atoms with Gasteiger partial charge < -0.3 is 15.5 Å². The molecule has 2 heterocycles. The summed E-state index contributed by atoms with van der Waals surface area (Å²) >= 11 is 3.44. The summed E-state index contributed by atoms with van der Waals surface area (Å²) in [7, 11) is 0. The minimum absolute atomic E-state index is 0.00124. The molecule has 2 amide bonds. The number of nitrogens with one attached hydrogen (secondary N) is 2. The monoisotopic (exact) mass is 478 g/mol. The van der Waals surface area contributed by atoms with Crippen LogP contribution in [0.3, 0.4) is 0 Å². The van der Waals surface area contributed by atoms with Crippen molar-refractivity contribution in [3.05, 3.63) is 84.6 Å². The number of amides is 2. The highest BCUT2D eigenvalue weighted by molar-refractivity contribution is 8.00. The maximum Gasteiger partial charge on any atom is 0.253 e. The van der Waals surface area contributed by atoms with E-state index in [1.165, 1.54) is 15.8 Å². The fraction of sp³-hybridized carbons (Fsp3) is 0.240. The first-order valence-electron chi connectivity index (χ1n) is 10.8. The number of thioether (sulfide) groups is 1. The van der Waals surface area contributed by atoms with Crippen LogP contribution < -0.4 is 10.6 Å². The number of rotatable bonds is 8. The molecule has 1 aliphatic rings. The summed E-state index contributed by atoms with van der Waals surface area (Å²) in [4.78, 5) is 30.8. The molecule has 1 atom stereocenters. The van der Waals surface area contributed by atoms with E-state index in [1.807, 2.05) is 17.2 Å². The van der Waals surface area contributed by atoms with Crippen LogP contribution in [0.15, 0.2) is 77.7 Å². The van der Waals surface area contributed by atoms with Gasteiger partial charge in [0.2, 0.25) is 5.91 Å². The number of hydrogen-bond acceptors (Lipinski definition) is 6. The van der Waals surface area contributed by atoms with Crippen molar-refractivity contribution >= 4 is 45.7 Å².